The summed E-state index contributed by atoms with van der Waals surface area (Å²) in [6.07, 6.45) is 3.76. The van der Waals surface area contributed by atoms with Gasteiger partial charge in [0.15, 0.2) is 0 Å². The predicted octanol–water partition coefficient (Wildman–Crippen LogP) is 8.79. The number of aromatic carboxylic acids is 1. The van der Waals surface area contributed by atoms with Crippen LogP contribution in [0.5, 0.6) is 0 Å². The minimum Gasteiger partial charge on any atom is -0.478 e. The largest absolute Gasteiger partial charge is 0.478 e. The number of amides is 2. The van der Waals surface area contributed by atoms with Crippen LogP contribution >= 0.6 is 82.3 Å². The third-order valence-corrected chi connectivity index (χ3v) is 20.7. The number of benzene rings is 4. The zero-order valence-corrected chi connectivity index (χ0v) is 66.5. The van der Waals surface area contributed by atoms with Crippen molar-refractivity contribution >= 4 is 116 Å². The standard InChI is InChI=1S/C15H17N3O4S.C14H15N3O3S2.C12H10N2O3S.C12H12N2O2S.C11H9N3O4S.C10H9N3O2S/c1-9(2)22-15(21)17-11-5-3-4-6-12(11)23-8-10-7-13(19)18-14(20)16-10;1-2-21-14(20)16-10-5-3-4-6-11(10)22-8-9-7-12(18)17-13(19)15-9;15-10-9(6-13-12(17)14-10)7-18-11(16)8-4-2-1-3-5-8;15-11-6-10(13-12(16)14-11)8-17-7-9-4-2-1-3-5-9;15-8-4-6(13-11(18)14-8)5-19-9-7(10(16)17)2-1-3-12-9;14-8-5-7(12-10(15)13-8)6-16-9-3-1-2-4-11-9/h3-7,9H,8H2,1-2H3,(H,17,21)(H2,16,18,19,20);3-7H,2,8H2,1H3,(H,16,20)(H2,15,17,18,19);1-6H,7H2,(H2,13,14,15,17);1-6H,7-8H2,(H2,13,14,15,16);1-4H,5H2,(H,16,17)(H2,13,14,15,18);1-5H,6H2,(H2,12,13,14,15). The number of anilines is 2. The van der Waals surface area contributed by atoms with Gasteiger partial charge in [0.1, 0.15) is 5.03 Å². The first kappa shape index (κ1) is 89.8. The van der Waals surface area contributed by atoms with Crippen LogP contribution < -0.4 is 78.1 Å². The fourth-order valence-corrected chi connectivity index (χ4v) is 14.6. The Morgan fingerprint density at radius 2 is 0.878 bits per heavy atom. The smallest absolute Gasteiger partial charge is 0.411 e. The van der Waals surface area contributed by atoms with Crippen molar-refractivity contribution in [3.63, 3.8) is 0 Å². The molecule has 0 saturated heterocycles. The number of carbonyl (C=O) groups excluding carboxylic acids is 3. The minimum absolute atomic E-state index is 0.0830. The number of carboxylic acid groups (broad SMARTS) is 1. The summed E-state index contributed by atoms with van der Waals surface area (Å²) in [7, 11) is 0. The van der Waals surface area contributed by atoms with Gasteiger partial charge in [-0.05, 0) is 73.7 Å². The number of aromatic nitrogens is 14. The topological polar surface area (TPSA) is 542 Å². The van der Waals surface area contributed by atoms with Gasteiger partial charge < -0.3 is 45.1 Å². The number of nitrogens with one attached hydrogen (secondary N) is 14. The van der Waals surface area contributed by atoms with Crippen LogP contribution in [0, 0.1) is 0 Å². The van der Waals surface area contributed by atoms with E-state index in [9.17, 15) is 76.7 Å². The quantitative estimate of drug-likeness (QED) is 0.0251. The molecular formula is C74H72N16O18S7. The summed E-state index contributed by atoms with van der Waals surface area (Å²) < 4.78 is 5.05. The van der Waals surface area contributed by atoms with E-state index in [2.05, 4.69) is 80.4 Å². The van der Waals surface area contributed by atoms with Crippen molar-refractivity contribution in [3.05, 3.63) is 364 Å². The molecule has 2 amide bonds. The number of para-hydroxylation sites is 2. The number of thioether (sulfide) groups is 7. The second-order valence-electron chi connectivity index (χ2n) is 23.0. The van der Waals surface area contributed by atoms with E-state index < -0.39 is 68.4 Å². The summed E-state index contributed by atoms with van der Waals surface area (Å²) in [4.78, 5) is 217. The van der Waals surface area contributed by atoms with Crippen molar-refractivity contribution in [1.82, 2.24) is 69.8 Å². The molecule has 12 rings (SSSR count). The van der Waals surface area contributed by atoms with Crippen LogP contribution in [0.4, 0.5) is 21.0 Å². The fourth-order valence-electron chi connectivity index (χ4n) is 8.92. The summed E-state index contributed by atoms with van der Waals surface area (Å²) in [6, 6.07) is 48.8. The maximum absolute atomic E-state index is 11.8. The second kappa shape index (κ2) is 47.8. The minimum atomic E-state index is -1.07. The SMILES string of the molecule is CC(C)OC(=O)Nc1ccccc1SCc1cc(=O)[nH]c(=O)[nH]1.CCSC(=O)Nc1ccccc1SCc1cc(=O)[nH]c(=O)[nH]1.O=C(O)c1cccnc1SCc1cc(=O)[nH]c(=O)[nH]1.O=C(SCc1c[nH]c(=O)[nH]c1=O)c1ccccc1.O=c1cc(CSCc2ccccc2)[nH]c(=O)[nH]1.O=c1cc(CSc2ccccn2)[nH]c(=O)[nH]1. The van der Waals surface area contributed by atoms with Crippen molar-refractivity contribution in [2.45, 2.75) is 87.0 Å². The Bertz CT molecular complexity index is 5850. The summed E-state index contributed by atoms with van der Waals surface area (Å²) in [5.74, 6) is 2.89. The molecule has 4 aromatic carbocycles. The fraction of sp³-hybridized carbons (Fsp3) is 0.162. The Hall–Kier alpha value is -12.4. The average molecular weight is 1700 g/mol. The number of H-pyrrole nitrogens is 12. The van der Waals surface area contributed by atoms with Crippen LogP contribution in [0.15, 0.2) is 266 Å². The van der Waals surface area contributed by atoms with Crippen molar-refractivity contribution in [3.8, 4) is 0 Å². The lowest BCUT2D eigenvalue weighted by atomic mass is 10.2. The monoisotopic (exact) mass is 1700 g/mol. The van der Waals surface area contributed by atoms with Crippen LogP contribution in [-0.4, -0.2) is 109 Å². The summed E-state index contributed by atoms with van der Waals surface area (Å²) >= 11 is 9.28. The van der Waals surface area contributed by atoms with Gasteiger partial charge in [-0.2, -0.15) is 11.8 Å². The average Bonchev–Trinajstić information content (AvgIpc) is 0.871. The first-order valence-corrected chi connectivity index (χ1v) is 40.8. The van der Waals surface area contributed by atoms with Gasteiger partial charge in [0.05, 0.1) is 28.1 Å². The van der Waals surface area contributed by atoms with E-state index in [1.807, 2.05) is 97.9 Å². The van der Waals surface area contributed by atoms with Crippen LogP contribution in [0.3, 0.4) is 0 Å². The third kappa shape index (κ3) is 34.2. The molecule has 12 aromatic rings. The second-order valence-corrected chi connectivity index (χ2v) is 30.1. The number of hydrogen-bond donors (Lipinski definition) is 15. The molecule has 0 unspecified atom stereocenters. The highest BCUT2D eigenvalue weighted by Crippen LogP contribution is 2.31. The molecule has 0 atom stereocenters. The lowest BCUT2D eigenvalue weighted by Gasteiger charge is -2.12. The first-order valence-electron chi connectivity index (χ1n) is 33.7. The number of hydrogen-bond acceptors (Lipinski definition) is 26. The molecule has 0 fully saturated rings. The lowest BCUT2D eigenvalue weighted by molar-refractivity contribution is 0.0691. The molecule has 8 heterocycles. The van der Waals surface area contributed by atoms with Gasteiger partial charge in [-0.1, -0.05) is 133 Å². The highest BCUT2D eigenvalue weighted by molar-refractivity contribution is 8.14. The third-order valence-electron chi connectivity index (χ3n) is 13.7. The lowest BCUT2D eigenvalue weighted by Crippen LogP contribution is -2.24. The van der Waals surface area contributed by atoms with Crippen molar-refractivity contribution in [1.29, 1.82) is 0 Å². The Balaban J connectivity index is 0.000000192. The highest BCUT2D eigenvalue weighted by atomic mass is 32.2. The Kier molecular flexibility index (Phi) is 37.3. The molecule has 115 heavy (non-hydrogen) atoms. The van der Waals surface area contributed by atoms with Gasteiger partial charge in [-0.15, -0.1) is 35.3 Å². The van der Waals surface area contributed by atoms with Crippen molar-refractivity contribution in [2.24, 2.45) is 0 Å². The van der Waals surface area contributed by atoms with E-state index in [1.165, 1.54) is 107 Å². The van der Waals surface area contributed by atoms with Gasteiger partial charge >= 0.3 is 46.2 Å². The molecule has 34 nitrogen and oxygen atoms in total. The van der Waals surface area contributed by atoms with Crippen LogP contribution in [0.1, 0.15) is 81.1 Å². The van der Waals surface area contributed by atoms with E-state index in [0.29, 0.717) is 84.8 Å². The van der Waals surface area contributed by atoms with Gasteiger partial charge in [0, 0.05) is 139 Å². The van der Waals surface area contributed by atoms with Gasteiger partial charge in [0.2, 0.25) is 5.12 Å². The number of aromatic amines is 12. The molecule has 598 valence electrons. The summed E-state index contributed by atoms with van der Waals surface area (Å²) in [5.41, 5.74) is 0.521. The van der Waals surface area contributed by atoms with Crippen molar-refractivity contribution < 1.29 is 29.0 Å². The van der Waals surface area contributed by atoms with Crippen LogP contribution in [0.2, 0.25) is 0 Å². The zero-order chi connectivity index (χ0) is 83.0. The molecule has 0 aliphatic rings. The number of nitrogens with zero attached hydrogens (tertiary/aromatic N) is 2. The summed E-state index contributed by atoms with van der Waals surface area (Å²) in [5, 5.41) is 15.5. The Labute approximate surface area is 677 Å². The van der Waals surface area contributed by atoms with Gasteiger partial charge in [-0.3, -0.25) is 73.6 Å². The molecule has 0 aliphatic carbocycles. The van der Waals surface area contributed by atoms with E-state index >= 15 is 0 Å². The number of carboxylic acids is 1. The molecule has 0 aliphatic heterocycles. The molecule has 0 spiro atoms. The van der Waals surface area contributed by atoms with E-state index in [0.717, 1.165) is 44.1 Å². The van der Waals surface area contributed by atoms with E-state index in [1.54, 1.807) is 68.2 Å². The predicted molar refractivity (Wildman–Crippen MR) is 449 cm³/mol. The molecule has 41 heteroatoms. The molecular weight excluding hydrogens is 1630 g/mol. The highest BCUT2D eigenvalue weighted by Gasteiger charge is 2.15. The Morgan fingerprint density at radius 1 is 0.435 bits per heavy atom. The van der Waals surface area contributed by atoms with Gasteiger partial charge in [0.25, 0.3) is 38.6 Å². The maximum Gasteiger partial charge on any atom is 0.411 e. The molecule has 15 N–H and O–H groups in total. The molecule has 0 saturated carbocycles. The number of rotatable bonds is 24. The number of ether oxygens (including phenoxy) is 1. The molecule has 0 bridgehead atoms. The van der Waals surface area contributed by atoms with Gasteiger partial charge in [-0.25, -0.2) is 48.3 Å². The first-order chi connectivity index (χ1) is 55.2. The van der Waals surface area contributed by atoms with Crippen LogP contribution in [-0.2, 0) is 45.0 Å². The van der Waals surface area contributed by atoms with E-state index in [-0.39, 0.29) is 44.6 Å². The normalized spacial score (nSPS) is 10.4. The molecule has 0 radical (unpaired) electrons. The molecule has 8 aromatic heterocycles. The van der Waals surface area contributed by atoms with Crippen LogP contribution in [0.25, 0.3) is 0 Å². The maximum atomic E-state index is 11.8. The van der Waals surface area contributed by atoms with E-state index in [4.69, 9.17) is 9.84 Å². The summed E-state index contributed by atoms with van der Waals surface area (Å²) in [6.45, 7) is 5.45. The zero-order valence-electron chi connectivity index (χ0n) is 60.8. The Morgan fingerprint density at radius 3 is 1.34 bits per heavy atom. The number of carbonyl (C=O) groups is 4. The number of pyridine rings is 2. The van der Waals surface area contributed by atoms with Crippen molar-refractivity contribution in [2.75, 3.05) is 16.4 Å².